The second-order valence-electron chi connectivity index (χ2n) is 8.91. The summed E-state index contributed by atoms with van der Waals surface area (Å²) in [6, 6.07) is 5.55. The number of fused-ring (bicyclic) bond motifs is 1. The van der Waals surface area contributed by atoms with Gasteiger partial charge in [-0.15, -0.1) is 5.10 Å². The van der Waals surface area contributed by atoms with Gasteiger partial charge in [-0.3, -0.25) is 9.88 Å². The first-order chi connectivity index (χ1) is 16.5. The van der Waals surface area contributed by atoms with Crippen LogP contribution in [0.25, 0.3) is 11.1 Å². The van der Waals surface area contributed by atoms with Gasteiger partial charge in [0.1, 0.15) is 17.7 Å². The minimum Gasteiger partial charge on any atom is -0.442 e. The van der Waals surface area contributed by atoms with Crippen molar-refractivity contribution in [1.82, 2.24) is 20.0 Å². The number of benzene rings is 1. The molecule has 0 spiro atoms. The predicted molar refractivity (Wildman–Crippen MR) is 114 cm³/mol. The molecule has 1 N–H and O–H groups in total. The lowest BCUT2D eigenvalue weighted by Crippen LogP contribution is -2.26. The quantitative estimate of drug-likeness (QED) is 0.590. The van der Waals surface area contributed by atoms with E-state index in [4.69, 9.17) is 9.47 Å². The fraction of sp³-hybridized carbons (Fsp3) is 0.391. The SMILES string of the molecule is O=C1O[C@@H](Cn2ccnn2)CN1c1cc(F)c(-c2ccc(C3(CO)[C@@H]4COC[C@@H]43)nc2)c(F)c1. The maximum absolute atomic E-state index is 15.1. The summed E-state index contributed by atoms with van der Waals surface area (Å²) in [5, 5.41) is 17.5. The Balaban J connectivity index is 1.23. The summed E-state index contributed by atoms with van der Waals surface area (Å²) < 4.78 is 42.4. The molecule has 1 aromatic carbocycles. The molecule has 6 rings (SSSR count). The summed E-state index contributed by atoms with van der Waals surface area (Å²) in [5.41, 5.74) is 0.379. The predicted octanol–water partition coefficient (Wildman–Crippen LogP) is 2.15. The third kappa shape index (κ3) is 3.18. The molecule has 3 aromatic rings. The molecule has 2 aliphatic heterocycles. The Morgan fingerprint density at radius 1 is 1.18 bits per heavy atom. The lowest BCUT2D eigenvalue weighted by Gasteiger charge is -2.18. The summed E-state index contributed by atoms with van der Waals surface area (Å²) in [5.74, 6) is -1.19. The van der Waals surface area contributed by atoms with Crippen molar-refractivity contribution >= 4 is 11.8 Å². The van der Waals surface area contributed by atoms with E-state index in [1.807, 2.05) is 0 Å². The van der Waals surface area contributed by atoms with Gasteiger partial charge in [0.25, 0.3) is 0 Å². The van der Waals surface area contributed by atoms with E-state index in [-0.39, 0.29) is 48.3 Å². The van der Waals surface area contributed by atoms with Crippen LogP contribution in [0.2, 0.25) is 0 Å². The maximum atomic E-state index is 15.1. The van der Waals surface area contributed by atoms with Crippen molar-refractivity contribution in [3.05, 3.63) is 60.2 Å². The maximum Gasteiger partial charge on any atom is 0.414 e. The summed E-state index contributed by atoms with van der Waals surface area (Å²) in [6.07, 6.45) is 3.35. The van der Waals surface area contributed by atoms with Gasteiger partial charge in [0, 0.05) is 40.9 Å². The average Bonchev–Trinajstić information content (AvgIpc) is 3.34. The highest BCUT2D eigenvalue weighted by atomic mass is 19.1. The average molecular weight is 469 g/mol. The number of ether oxygens (including phenoxy) is 2. The van der Waals surface area contributed by atoms with Crippen LogP contribution < -0.4 is 4.90 Å². The highest BCUT2D eigenvalue weighted by Gasteiger charge is 2.68. The van der Waals surface area contributed by atoms with Gasteiger partial charge < -0.3 is 14.6 Å². The molecule has 3 fully saturated rings. The summed E-state index contributed by atoms with van der Waals surface area (Å²) in [6.45, 7) is 1.53. The van der Waals surface area contributed by atoms with Gasteiger partial charge in [-0.25, -0.2) is 18.3 Å². The number of hydrogen-bond donors (Lipinski definition) is 1. The first-order valence-corrected chi connectivity index (χ1v) is 11.0. The highest BCUT2D eigenvalue weighted by Crippen LogP contribution is 2.62. The van der Waals surface area contributed by atoms with E-state index in [1.165, 1.54) is 22.0 Å². The molecule has 4 heterocycles. The van der Waals surface area contributed by atoms with E-state index in [9.17, 15) is 9.90 Å². The van der Waals surface area contributed by atoms with E-state index >= 15 is 8.78 Å². The van der Waals surface area contributed by atoms with E-state index in [0.717, 1.165) is 12.1 Å². The largest absolute Gasteiger partial charge is 0.442 e. The number of pyridine rings is 1. The zero-order valence-electron chi connectivity index (χ0n) is 18.0. The van der Waals surface area contributed by atoms with Crippen molar-refractivity contribution in [2.45, 2.75) is 18.1 Å². The number of aliphatic hydroxyl groups is 1. The summed E-state index contributed by atoms with van der Waals surface area (Å²) >= 11 is 0. The second-order valence-corrected chi connectivity index (χ2v) is 8.91. The van der Waals surface area contributed by atoms with Crippen LogP contribution in [0, 0.1) is 23.5 Å². The van der Waals surface area contributed by atoms with Gasteiger partial charge in [-0.2, -0.15) is 0 Å². The molecule has 1 unspecified atom stereocenters. The van der Waals surface area contributed by atoms with Gasteiger partial charge in [0.2, 0.25) is 0 Å². The number of hydrogen-bond acceptors (Lipinski definition) is 7. The topological polar surface area (TPSA) is 103 Å². The fourth-order valence-corrected chi connectivity index (χ4v) is 5.33. The van der Waals surface area contributed by atoms with Crippen molar-refractivity contribution in [2.75, 3.05) is 31.3 Å². The molecule has 4 atom stereocenters. The molecule has 3 aliphatic rings. The second kappa shape index (κ2) is 7.81. The van der Waals surface area contributed by atoms with Crippen LogP contribution in [0.4, 0.5) is 19.3 Å². The summed E-state index contributed by atoms with van der Waals surface area (Å²) in [4.78, 5) is 17.9. The van der Waals surface area contributed by atoms with Crippen LogP contribution in [0.1, 0.15) is 5.69 Å². The number of amides is 1. The molecular weight excluding hydrogens is 448 g/mol. The number of rotatable bonds is 6. The van der Waals surface area contributed by atoms with Crippen LogP contribution in [0.5, 0.6) is 0 Å². The van der Waals surface area contributed by atoms with Gasteiger partial charge in [-0.05, 0) is 18.2 Å². The van der Waals surface area contributed by atoms with Crippen molar-refractivity contribution in [3.8, 4) is 11.1 Å². The Kier molecular flexibility index (Phi) is 4.85. The van der Waals surface area contributed by atoms with Crippen LogP contribution in [-0.4, -0.2) is 63.6 Å². The molecule has 176 valence electrons. The van der Waals surface area contributed by atoms with Crippen LogP contribution in [0.3, 0.4) is 0 Å². The number of carbonyl (C=O) groups excluding carboxylic acids is 1. The lowest BCUT2D eigenvalue weighted by molar-refractivity contribution is 0.118. The standard InChI is InChI=1S/C23H21F2N5O4/c24-18-5-14(30-9-15(34-22(30)32)8-29-4-3-27-28-29)6-19(25)21(18)13-1-2-20(26-7-13)23(12-31)16-10-33-11-17(16)23/h1-7,15-17,31H,8-12H2/t15-,16-,17+,23?/m0/s1. The Morgan fingerprint density at radius 2 is 1.94 bits per heavy atom. The van der Waals surface area contributed by atoms with E-state index in [1.54, 1.807) is 18.3 Å². The third-order valence-electron chi connectivity index (χ3n) is 7.16. The van der Waals surface area contributed by atoms with Crippen molar-refractivity contribution in [1.29, 1.82) is 0 Å². The van der Waals surface area contributed by atoms with Crippen LogP contribution in [0.15, 0.2) is 42.9 Å². The third-order valence-corrected chi connectivity index (χ3v) is 7.16. The Morgan fingerprint density at radius 3 is 2.56 bits per heavy atom. The molecule has 1 aliphatic carbocycles. The molecule has 11 heteroatoms. The molecule has 2 aromatic heterocycles. The Labute approximate surface area is 192 Å². The first kappa shape index (κ1) is 21.1. The van der Waals surface area contributed by atoms with Crippen molar-refractivity contribution in [2.24, 2.45) is 11.8 Å². The van der Waals surface area contributed by atoms with Crippen molar-refractivity contribution < 1.29 is 28.2 Å². The van der Waals surface area contributed by atoms with Crippen LogP contribution in [-0.2, 0) is 21.4 Å². The number of anilines is 1. The monoisotopic (exact) mass is 469 g/mol. The van der Waals surface area contributed by atoms with Gasteiger partial charge >= 0.3 is 6.09 Å². The van der Waals surface area contributed by atoms with E-state index in [0.29, 0.717) is 18.9 Å². The normalized spacial score (nSPS) is 27.7. The Bertz CT molecular complexity index is 1200. The molecule has 2 saturated heterocycles. The smallest absolute Gasteiger partial charge is 0.414 e. The van der Waals surface area contributed by atoms with Gasteiger partial charge in [0.15, 0.2) is 0 Å². The molecular formula is C23H21F2N5O4. The van der Waals surface area contributed by atoms with Crippen molar-refractivity contribution in [3.63, 3.8) is 0 Å². The first-order valence-electron chi connectivity index (χ1n) is 11.0. The minimum absolute atomic E-state index is 0.0424. The molecule has 9 nitrogen and oxygen atoms in total. The molecule has 34 heavy (non-hydrogen) atoms. The molecule has 0 bridgehead atoms. The molecule has 0 radical (unpaired) electrons. The number of aliphatic hydroxyl groups excluding tert-OH is 1. The number of aromatic nitrogens is 4. The fourth-order valence-electron chi connectivity index (χ4n) is 5.33. The zero-order chi connectivity index (χ0) is 23.4. The number of nitrogens with zero attached hydrogens (tertiary/aromatic N) is 5. The lowest BCUT2D eigenvalue weighted by atomic mass is 9.95. The zero-order valence-corrected chi connectivity index (χ0v) is 18.0. The Hall–Kier alpha value is -3.44. The van der Waals surface area contributed by atoms with Crippen LogP contribution >= 0.6 is 0 Å². The summed E-state index contributed by atoms with van der Waals surface area (Å²) in [7, 11) is 0. The molecule has 1 amide bonds. The number of cyclic esters (lactones) is 1. The van der Waals surface area contributed by atoms with Gasteiger partial charge in [0.05, 0.1) is 50.4 Å². The minimum atomic E-state index is -0.814. The van der Waals surface area contributed by atoms with E-state index < -0.39 is 29.2 Å². The number of halogens is 2. The highest BCUT2D eigenvalue weighted by molar-refractivity contribution is 5.90. The number of carbonyl (C=O) groups is 1. The van der Waals surface area contributed by atoms with E-state index in [2.05, 4.69) is 15.3 Å². The molecule has 1 saturated carbocycles. The van der Waals surface area contributed by atoms with Gasteiger partial charge in [-0.1, -0.05) is 11.3 Å².